The average Bonchev–Trinajstić information content (AvgIpc) is 2.66. The molecule has 2 rings (SSSR count). The maximum absolute atomic E-state index is 12.5. The van der Waals surface area contributed by atoms with Gasteiger partial charge in [0.05, 0.1) is 6.04 Å². The van der Waals surface area contributed by atoms with Crippen LogP contribution in [0.15, 0.2) is 60.7 Å². The van der Waals surface area contributed by atoms with Crippen molar-refractivity contribution in [2.24, 2.45) is 5.92 Å². The lowest BCUT2D eigenvalue weighted by atomic mass is 10.0. The van der Waals surface area contributed by atoms with E-state index in [2.05, 4.69) is 5.32 Å². The van der Waals surface area contributed by atoms with Crippen LogP contribution < -0.4 is 5.32 Å². The third-order valence-corrected chi connectivity index (χ3v) is 4.28. The predicted molar refractivity (Wildman–Crippen MR) is 99.5 cm³/mol. The minimum absolute atomic E-state index is 0.125. The SMILES string of the molecule is CC(C)C(C)OC(=O)C(O)C(NC(=O)c1ccccc1)c1ccccc1. The van der Waals surface area contributed by atoms with Crippen LogP contribution in [0.5, 0.6) is 0 Å². The van der Waals surface area contributed by atoms with Gasteiger partial charge in [-0.15, -0.1) is 0 Å². The molecule has 0 spiro atoms. The van der Waals surface area contributed by atoms with Crippen molar-refractivity contribution in [1.29, 1.82) is 0 Å². The molecule has 2 aromatic carbocycles. The molecule has 0 aliphatic heterocycles. The monoisotopic (exact) mass is 355 g/mol. The fourth-order valence-electron chi connectivity index (χ4n) is 2.34. The number of aliphatic hydroxyl groups excluding tert-OH is 1. The molecule has 0 fully saturated rings. The van der Waals surface area contributed by atoms with Gasteiger partial charge in [-0.25, -0.2) is 4.79 Å². The summed E-state index contributed by atoms with van der Waals surface area (Å²) in [6.07, 6.45) is -1.84. The molecule has 0 aliphatic rings. The summed E-state index contributed by atoms with van der Waals surface area (Å²) in [5.74, 6) is -1.00. The smallest absolute Gasteiger partial charge is 0.337 e. The minimum atomic E-state index is -1.51. The average molecular weight is 355 g/mol. The lowest BCUT2D eigenvalue weighted by Crippen LogP contribution is -2.42. The molecule has 0 heterocycles. The largest absolute Gasteiger partial charge is 0.460 e. The molecule has 5 nitrogen and oxygen atoms in total. The van der Waals surface area contributed by atoms with Gasteiger partial charge in [-0.2, -0.15) is 0 Å². The van der Waals surface area contributed by atoms with Gasteiger partial charge < -0.3 is 15.2 Å². The van der Waals surface area contributed by atoms with E-state index in [1.165, 1.54) is 0 Å². The molecule has 0 bridgehead atoms. The normalized spacial score (nSPS) is 14.3. The van der Waals surface area contributed by atoms with Gasteiger partial charge in [-0.05, 0) is 30.5 Å². The highest BCUT2D eigenvalue weighted by Crippen LogP contribution is 2.20. The molecular formula is C21H25NO4. The van der Waals surface area contributed by atoms with Crippen molar-refractivity contribution in [3.63, 3.8) is 0 Å². The quantitative estimate of drug-likeness (QED) is 0.748. The van der Waals surface area contributed by atoms with E-state index in [0.29, 0.717) is 11.1 Å². The second kappa shape index (κ2) is 9.15. The Labute approximate surface area is 154 Å². The number of aliphatic hydroxyl groups is 1. The number of hydrogen-bond donors (Lipinski definition) is 2. The highest BCUT2D eigenvalue weighted by atomic mass is 16.6. The number of hydrogen-bond acceptors (Lipinski definition) is 4. The molecule has 2 aromatic rings. The number of carbonyl (C=O) groups is 2. The number of ether oxygens (including phenoxy) is 1. The number of carbonyl (C=O) groups excluding carboxylic acids is 2. The molecule has 0 saturated carbocycles. The third kappa shape index (κ3) is 5.17. The van der Waals surface area contributed by atoms with E-state index in [0.717, 1.165) is 0 Å². The molecule has 2 N–H and O–H groups in total. The first-order valence-corrected chi connectivity index (χ1v) is 8.69. The first-order chi connectivity index (χ1) is 12.4. The van der Waals surface area contributed by atoms with E-state index in [4.69, 9.17) is 4.74 Å². The van der Waals surface area contributed by atoms with E-state index in [1.54, 1.807) is 55.5 Å². The van der Waals surface area contributed by atoms with Crippen LogP contribution in [-0.4, -0.2) is 29.2 Å². The molecule has 5 heteroatoms. The Morgan fingerprint density at radius 2 is 1.46 bits per heavy atom. The lowest BCUT2D eigenvalue weighted by molar-refractivity contribution is -0.161. The molecule has 0 aromatic heterocycles. The maximum atomic E-state index is 12.5. The van der Waals surface area contributed by atoms with Crippen LogP contribution in [0.1, 0.15) is 42.7 Å². The van der Waals surface area contributed by atoms with E-state index in [9.17, 15) is 14.7 Å². The summed E-state index contributed by atoms with van der Waals surface area (Å²) in [6, 6.07) is 16.6. The van der Waals surface area contributed by atoms with Gasteiger partial charge in [0.1, 0.15) is 6.10 Å². The highest BCUT2D eigenvalue weighted by molar-refractivity contribution is 5.94. The lowest BCUT2D eigenvalue weighted by Gasteiger charge is -2.25. The zero-order chi connectivity index (χ0) is 19.1. The fraction of sp³-hybridized carbons (Fsp3) is 0.333. The topological polar surface area (TPSA) is 75.6 Å². The van der Waals surface area contributed by atoms with Crippen LogP contribution in [-0.2, 0) is 9.53 Å². The summed E-state index contributed by atoms with van der Waals surface area (Å²) < 4.78 is 5.32. The Kier molecular flexibility index (Phi) is 6.92. The minimum Gasteiger partial charge on any atom is -0.460 e. The van der Waals surface area contributed by atoms with Crippen molar-refractivity contribution >= 4 is 11.9 Å². The Balaban J connectivity index is 2.21. The van der Waals surface area contributed by atoms with Crippen LogP contribution in [0.2, 0.25) is 0 Å². The molecule has 1 amide bonds. The van der Waals surface area contributed by atoms with Gasteiger partial charge in [0.15, 0.2) is 6.10 Å². The van der Waals surface area contributed by atoms with Crippen LogP contribution in [0, 0.1) is 5.92 Å². The number of benzene rings is 2. The van der Waals surface area contributed by atoms with Crippen molar-refractivity contribution in [2.75, 3.05) is 0 Å². The second-order valence-electron chi connectivity index (χ2n) is 6.56. The Morgan fingerprint density at radius 1 is 0.923 bits per heavy atom. The zero-order valence-electron chi connectivity index (χ0n) is 15.3. The van der Waals surface area contributed by atoms with Gasteiger partial charge in [0.25, 0.3) is 5.91 Å². The van der Waals surface area contributed by atoms with Crippen LogP contribution in [0.4, 0.5) is 0 Å². The van der Waals surface area contributed by atoms with Gasteiger partial charge in [0, 0.05) is 5.56 Å². The molecule has 3 atom stereocenters. The van der Waals surface area contributed by atoms with E-state index < -0.39 is 18.1 Å². The summed E-state index contributed by atoms with van der Waals surface area (Å²) >= 11 is 0. The Bertz CT molecular complexity index is 715. The van der Waals surface area contributed by atoms with E-state index >= 15 is 0 Å². The molecule has 0 saturated heterocycles. The van der Waals surface area contributed by atoms with Gasteiger partial charge in [-0.3, -0.25) is 4.79 Å². The number of nitrogens with one attached hydrogen (secondary N) is 1. The number of amides is 1. The van der Waals surface area contributed by atoms with Gasteiger partial charge in [-0.1, -0.05) is 62.4 Å². The highest BCUT2D eigenvalue weighted by Gasteiger charge is 2.31. The summed E-state index contributed by atoms with van der Waals surface area (Å²) in [7, 11) is 0. The van der Waals surface area contributed by atoms with Gasteiger partial charge >= 0.3 is 5.97 Å². The molecule has 3 unspecified atom stereocenters. The summed E-state index contributed by atoms with van der Waals surface area (Å²) in [6.45, 7) is 5.63. The zero-order valence-corrected chi connectivity index (χ0v) is 15.3. The Hall–Kier alpha value is -2.66. The van der Waals surface area contributed by atoms with Crippen LogP contribution in [0.3, 0.4) is 0 Å². The summed E-state index contributed by atoms with van der Waals surface area (Å²) in [4.78, 5) is 24.9. The second-order valence-corrected chi connectivity index (χ2v) is 6.56. The third-order valence-electron chi connectivity index (χ3n) is 4.28. The van der Waals surface area contributed by atoms with Crippen molar-refractivity contribution in [1.82, 2.24) is 5.32 Å². The summed E-state index contributed by atoms with van der Waals surface area (Å²) in [5.41, 5.74) is 1.07. The standard InChI is InChI=1S/C21H25NO4/c1-14(2)15(3)26-21(25)19(23)18(16-10-6-4-7-11-16)22-20(24)17-12-8-5-9-13-17/h4-15,18-19,23H,1-3H3,(H,22,24). The Morgan fingerprint density at radius 3 is 2.00 bits per heavy atom. The van der Waals surface area contributed by atoms with Crippen molar-refractivity contribution in [3.8, 4) is 0 Å². The van der Waals surface area contributed by atoms with Crippen LogP contribution in [0.25, 0.3) is 0 Å². The maximum Gasteiger partial charge on any atom is 0.337 e. The van der Waals surface area contributed by atoms with E-state index in [-0.39, 0.29) is 17.9 Å². The van der Waals surface area contributed by atoms with E-state index in [1.807, 2.05) is 26.0 Å². The molecule has 26 heavy (non-hydrogen) atoms. The molecule has 0 aliphatic carbocycles. The predicted octanol–water partition coefficient (Wildman–Crippen LogP) is 3.11. The van der Waals surface area contributed by atoms with Crippen molar-refractivity contribution < 1.29 is 19.4 Å². The summed E-state index contributed by atoms with van der Waals surface area (Å²) in [5, 5.41) is 13.3. The number of rotatable bonds is 7. The first-order valence-electron chi connectivity index (χ1n) is 8.69. The molecule has 138 valence electrons. The van der Waals surface area contributed by atoms with Crippen molar-refractivity contribution in [2.45, 2.75) is 39.0 Å². The fourth-order valence-corrected chi connectivity index (χ4v) is 2.34. The molecular weight excluding hydrogens is 330 g/mol. The number of esters is 1. The van der Waals surface area contributed by atoms with Gasteiger partial charge in [0.2, 0.25) is 0 Å². The van der Waals surface area contributed by atoms with Crippen molar-refractivity contribution in [3.05, 3.63) is 71.8 Å². The first kappa shape index (κ1) is 19.7. The van der Waals surface area contributed by atoms with Crippen LogP contribution >= 0.6 is 0 Å². The molecule has 0 radical (unpaired) electrons.